The highest BCUT2D eigenvalue weighted by molar-refractivity contribution is 8.22. The molecule has 0 amide bonds. The Hall–Kier alpha value is 0.120. The van der Waals surface area contributed by atoms with E-state index < -0.39 is 0 Å². The average Bonchev–Trinajstić information content (AvgIpc) is 2.87. The van der Waals surface area contributed by atoms with Crippen LogP contribution in [-0.2, 0) is 0 Å². The van der Waals surface area contributed by atoms with Gasteiger partial charge in [0.05, 0.1) is 10.8 Å². The van der Waals surface area contributed by atoms with Gasteiger partial charge in [-0.25, -0.2) is 0 Å². The van der Waals surface area contributed by atoms with E-state index >= 15 is 0 Å². The van der Waals surface area contributed by atoms with Crippen molar-refractivity contribution in [1.29, 1.82) is 0 Å². The zero-order valence-corrected chi connectivity index (χ0v) is 10.9. The molecule has 0 aliphatic carbocycles. The summed E-state index contributed by atoms with van der Waals surface area (Å²) in [6, 6.07) is 0.395. The fraction of sp³-hybridized carbons (Fsp3) is 0.800. The van der Waals surface area contributed by atoms with Crippen LogP contribution in [0.4, 0.5) is 0 Å². The van der Waals surface area contributed by atoms with E-state index in [4.69, 9.17) is 5.73 Å². The summed E-state index contributed by atoms with van der Waals surface area (Å²) < 4.78 is 1.27. The van der Waals surface area contributed by atoms with E-state index in [1.54, 1.807) is 11.8 Å². The van der Waals surface area contributed by atoms with Crippen LogP contribution in [0.3, 0.4) is 0 Å². The van der Waals surface area contributed by atoms with Crippen molar-refractivity contribution in [3.05, 3.63) is 10.4 Å². The molecule has 6 heteroatoms. The van der Waals surface area contributed by atoms with Crippen molar-refractivity contribution >= 4 is 23.5 Å². The molecule has 2 unspecified atom stereocenters. The summed E-state index contributed by atoms with van der Waals surface area (Å²) in [6.07, 6.45) is 4.36. The number of aliphatic hydroxyl groups is 1. The molecular weight excluding hydrogens is 242 g/mol. The van der Waals surface area contributed by atoms with E-state index in [1.807, 2.05) is 18.0 Å². The minimum absolute atomic E-state index is 0.0273. The van der Waals surface area contributed by atoms with Gasteiger partial charge in [0.25, 0.3) is 0 Å². The first-order chi connectivity index (χ1) is 7.79. The summed E-state index contributed by atoms with van der Waals surface area (Å²) in [4.78, 5) is 2.39. The fourth-order valence-electron chi connectivity index (χ4n) is 2.08. The smallest absolute Gasteiger partial charge is 0.127 e. The van der Waals surface area contributed by atoms with Gasteiger partial charge in [-0.05, 0) is 19.4 Å². The number of nitrogens with two attached hydrogens (primary N) is 1. The number of hydrogen-bond donors (Lipinski definition) is 3. The van der Waals surface area contributed by atoms with E-state index in [9.17, 15) is 5.11 Å². The van der Waals surface area contributed by atoms with E-state index in [-0.39, 0.29) is 5.50 Å². The predicted molar refractivity (Wildman–Crippen MR) is 70.9 cm³/mol. The minimum atomic E-state index is 0.0273. The molecule has 0 bridgehead atoms. The number of nitrogens with one attached hydrogen (secondary N) is 1. The van der Waals surface area contributed by atoms with Crippen molar-refractivity contribution in [3.8, 4) is 0 Å². The molecule has 4 nitrogen and oxygen atoms in total. The summed E-state index contributed by atoms with van der Waals surface area (Å²) in [6.45, 7) is 2.49. The van der Waals surface area contributed by atoms with Crippen LogP contribution in [0.5, 0.6) is 0 Å². The Morgan fingerprint density at radius 1 is 1.69 bits per heavy atom. The third kappa shape index (κ3) is 3.30. The van der Waals surface area contributed by atoms with Crippen LogP contribution < -0.4 is 11.1 Å². The Kier molecular flexibility index (Phi) is 4.84. The second kappa shape index (κ2) is 6.16. The lowest BCUT2D eigenvalue weighted by Crippen LogP contribution is -2.33. The van der Waals surface area contributed by atoms with Crippen LogP contribution in [0.1, 0.15) is 12.8 Å². The van der Waals surface area contributed by atoms with Crippen LogP contribution in [0.15, 0.2) is 10.4 Å². The highest BCUT2D eigenvalue weighted by Crippen LogP contribution is 2.33. The highest BCUT2D eigenvalue weighted by Gasteiger charge is 2.23. The van der Waals surface area contributed by atoms with Gasteiger partial charge >= 0.3 is 0 Å². The zero-order valence-electron chi connectivity index (χ0n) is 9.26. The molecule has 16 heavy (non-hydrogen) atoms. The molecule has 2 aliphatic rings. The van der Waals surface area contributed by atoms with Crippen molar-refractivity contribution < 1.29 is 5.11 Å². The topological polar surface area (TPSA) is 61.5 Å². The minimum Gasteiger partial charge on any atom is -0.395 e. The van der Waals surface area contributed by atoms with Gasteiger partial charge in [-0.3, -0.25) is 4.90 Å². The predicted octanol–water partition coefficient (Wildman–Crippen LogP) is 0.554. The summed E-state index contributed by atoms with van der Waals surface area (Å²) in [5, 5.41) is 12.3. The molecule has 0 spiro atoms. The summed E-state index contributed by atoms with van der Waals surface area (Å²) in [7, 11) is 0. The van der Waals surface area contributed by atoms with Crippen molar-refractivity contribution in [2.24, 2.45) is 5.73 Å². The number of likely N-dealkylation sites (tertiary alicyclic amines) is 1. The van der Waals surface area contributed by atoms with Gasteiger partial charge in [-0.1, -0.05) is 11.8 Å². The Labute approximate surface area is 105 Å². The highest BCUT2D eigenvalue weighted by atomic mass is 32.2. The summed E-state index contributed by atoms with van der Waals surface area (Å²) in [5.74, 6) is 1.07. The Balaban J connectivity index is 1.64. The number of thioether (sulfide) groups is 2. The van der Waals surface area contributed by atoms with E-state index in [2.05, 4.69) is 10.2 Å². The molecule has 1 fully saturated rings. The van der Waals surface area contributed by atoms with Gasteiger partial charge in [0, 0.05) is 24.5 Å². The second-order valence-corrected chi connectivity index (χ2v) is 6.61. The van der Waals surface area contributed by atoms with Gasteiger partial charge in [0.2, 0.25) is 0 Å². The molecule has 0 radical (unpaired) electrons. The van der Waals surface area contributed by atoms with Gasteiger partial charge in [0.1, 0.15) is 5.50 Å². The van der Waals surface area contributed by atoms with Gasteiger partial charge in [0.15, 0.2) is 0 Å². The lowest BCUT2D eigenvalue weighted by molar-refractivity contribution is 0.165. The number of nitrogens with zero attached hydrogens (tertiary/aromatic N) is 1. The quantitative estimate of drug-likeness (QED) is 0.672. The molecule has 0 aromatic heterocycles. The van der Waals surface area contributed by atoms with Gasteiger partial charge < -0.3 is 16.2 Å². The maximum atomic E-state index is 9.19. The molecule has 0 saturated carbocycles. The summed E-state index contributed by atoms with van der Waals surface area (Å²) >= 11 is 3.52. The van der Waals surface area contributed by atoms with Crippen LogP contribution in [-0.4, -0.2) is 47.0 Å². The molecule has 2 atom stereocenters. The van der Waals surface area contributed by atoms with Crippen molar-refractivity contribution in [2.45, 2.75) is 24.4 Å². The normalized spacial score (nSPS) is 30.5. The van der Waals surface area contributed by atoms with E-state index in [0.29, 0.717) is 12.6 Å². The number of aliphatic hydroxyl groups excluding tert-OH is 1. The zero-order chi connectivity index (χ0) is 11.4. The molecule has 0 aromatic carbocycles. The average molecular weight is 261 g/mol. The Morgan fingerprint density at radius 3 is 3.25 bits per heavy atom. The number of rotatable bonds is 5. The Morgan fingerprint density at radius 2 is 2.56 bits per heavy atom. The third-order valence-corrected chi connectivity index (χ3v) is 5.11. The summed E-state index contributed by atoms with van der Waals surface area (Å²) in [5.41, 5.74) is 5.73. The van der Waals surface area contributed by atoms with Crippen LogP contribution >= 0.6 is 23.5 Å². The van der Waals surface area contributed by atoms with Crippen LogP contribution in [0, 0.1) is 0 Å². The Bertz CT molecular complexity index is 262. The first-order valence-electron chi connectivity index (χ1n) is 5.66. The fourth-order valence-corrected chi connectivity index (χ4v) is 4.11. The molecule has 2 aliphatic heterocycles. The molecule has 92 valence electrons. The molecule has 2 heterocycles. The van der Waals surface area contributed by atoms with Crippen molar-refractivity contribution in [1.82, 2.24) is 10.2 Å². The van der Waals surface area contributed by atoms with E-state index in [1.165, 1.54) is 10.7 Å². The third-order valence-electron chi connectivity index (χ3n) is 2.94. The largest absolute Gasteiger partial charge is 0.395 e. The first-order valence-corrected chi connectivity index (χ1v) is 7.52. The van der Waals surface area contributed by atoms with Gasteiger partial charge in [-0.15, -0.1) is 11.8 Å². The monoisotopic (exact) mass is 261 g/mol. The van der Waals surface area contributed by atoms with Crippen molar-refractivity contribution in [2.75, 3.05) is 25.4 Å². The molecule has 4 N–H and O–H groups in total. The van der Waals surface area contributed by atoms with Crippen molar-refractivity contribution in [3.63, 3.8) is 0 Å². The SMILES string of the molecule is NC1NC=C(SCCN2CCCC2CO)S1. The molecule has 0 aromatic rings. The lowest BCUT2D eigenvalue weighted by atomic mass is 10.2. The molecule has 2 rings (SSSR count). The maximum Gasteiger partial charge on any atom is 0.127 e. The van der Waals surface area contributed by atoms with Crippen LogP contribution in [0.25, 0.3) is 0 Å². The van der Waals surface area contributed by atoms with Crippen LogP contribution in [0.2, 0.25) is 0 Å². The molecular formula is C10H19N3OS2. The molecule has 1 saturated heterocycles. The van der Waals surface area contributed by atoms with E-state index in [0.717, 1.165) is 25.3 Å². The maximum absolute atomic E-state index is 9.19. The number of hydrogen-bond acceptors (Lipinski definition) is 6. The lowest BCUT2D eigenvalue weighted by Gasteiger charge is -2.22. The second-order valence-electron chi connectivity index (χ2n) is 4.03. The first kappa shape index (κ1) is 12.6. The standard InChI is InChI=1S/C10H19N3OS2/c11-10-12-6-9(16-10)15-5-4-13-3-1-2-8(13)7-14/h6,8,10,12,14H,1-5,7,11H2. The van der Waals surface area contributed by atoms with Gasteiger partial charge in [-0.2, -0.15) is 0 Å².